The summed E-state index contributed by atoms with van der Waals surface area (Å²) in [7, 11) is 3.43. The van der Waals surface area contributed by atoms with E-state index >= 15 is 0 Å². The molecule has 0 spiro atoms. The number of carbonyl (C=O) groups excluding carboxylic acids is 1. The molecule has 5 nitrogen and oxygen atoms in total. The normalized spacial score (nSPS) is 10.2. The van der Waals surface area contributed by atoms with Crippen LogP contribution in [0.5, 0.6) is 0 Å². The Balaban J connectivity index is 3.00. The zero-order chi connectivity index (χ0) is 12.5. The van der Waals surface area contributed by atoms with Crippen LogP contribution in [-0.4, -0.2) is 34.2 Å². The molecule has 1 rings (SSSR count). The molecule has 1 heterocycles. The summed E-state index contributed by atoms with van der Waals surface area (Å²) >= 11 is 0. The van der Waals surface area contributed by atoms with E-state index in [0.717, 1.165) is 5.57 Å². The SMILES string of the molecule is C=C(C)CN(C)C(=O)c1c(N)c(C)nn1C. The summed E-state index contributed by atoms with van der Waals surface area (Å²) in [6, 6.07) is 0. The van der Waals surface area contributed by atoms with Crippen LogP contribution >= 0.6 is 0 Å². The van der Waals surface area contributed by atoms with Crippen molar-refractivity contribution < 1.29 is 4.79 Å². The molecule has 1 aromatic heterocycles. The number of aryl methyl sites for hydroxylation is 2. The Morgan fingerprint density at radius 2 is 2.19 bits per heavy atom. The fraction of sp³-hybridized carbons (Fsp3) is 0.455. The van der Waals surface area contributed by atoms with Crippen molar-refractivity contribution in [3.63, 3.8) is 0 Å². The molecule has 1 amide bonds. The lowest BCUT2D eigenvalue weighted by Gasteiger charge is -2.17. The van der Waals surface area contributed by atoms with E-state index in [0.29, 0.717) is 23.6 Å². The number of nitrogens with zero attached hydrogens (tertiary/aromatic N) is 3. The van der Waals surface area contributed by atoms with Crippen molar-refractivity contribution in [2.24, 2.45) is 7.05 Å². The Morgan fingerprint density at radius 1 is 1.62 bits per heavy atom. The average molecular weight is 222 g/mol. The first-order valence-corrected chi connectivity index (χ1v) is 5.03. The third-order valence-corrected chi connectivity index (χ3v) is 2.32. The molecular formula is C11H18N4O. The molecule has 0 saturated heterocycles. The highest BCUT2D eigenvalue weighted by molar-refractivity contribution is 5.97. The van der Waals surface area contributed by atoms with Gasteiger partial charge in [0, 0.05) is 20.6 Å². The topological polar surface area (TPSA) is 64.2 Å². The number of hydrogen-bond acceptors (Lipinski definition) is 3. The molecule has 0 saturated carbocycles. The van der Waals surface area contributed by atoms with Crippen LogP contribution in [0.2, 0.25) is 0 Å². The van der Waals surface area contributed by atoms with Crippen molar-refractivity contribution in [2.45, 2.75) is 13.8 Å². The van der Waals surface area contributed by atoms with Crippen LogP contribution in [0.4, 0.5) is 5.69 Å². The maximum Gasteiger partial charge on any atom is 0.274 e. The second-order valence-electron chi connectivity index (χ2n) is 4.09. The molecule has 2 N–H and O–H groups in total. The van der Waals surface area contributed by atoms with E-state index in [1.54, 1.807) is 25.9 Å². The van der Waals surface area contributed by atoms with E-state index in [4.69, 9.17) is 5.73 Å². The molecule has 0 aliphatic carbocycles. The van der Waals surface area contributed by atoms with Crippen LogP contribution in [-0.2, 0) is 7.05 Å². The van der Waals surface area contributed by atoms with E-state index < -0.39 is 0 Å². The first kappa shape index (κ1) is 12.3. The second kappa shape index (κ2) is 4.38. The van der Waals surface area contributed by atoms with Gasteiger partial charge in [0.15, 0.2) is 0 Å². The van der Waals surface area contributed by atoms with Crippen LogP contribution in [0.25, 0.3) is 0 Å². The number of carbonyl (C=O) groups is 1. The van der Waals surface area contributed by atoms with Crippen molar-refractivity contribution >= 4 is 11.6 Å². The van der Waals surface area contributed by atoms with E-state index in [1.165, 1.54) is 4.68 Å². The fourth-order valence-corrected chi connectivity index (χ4v) is 1.59. The maximum atomic E-state index is 12.1. The summed E-state index contributed by atoms with van der Waals surface area (Å²) in [6.07, 6.45) is 0. The predicted molar refractivity (Wildman–Crippen MR) is 64.1 cm³/mol. The monoisotopic (exact) mass is 222 g/mol. The van der Waals surface area contributed by atoms with Crippen molar-refractivity contribution in [2.75, 3.05) is 19.3 Å². The van der Waals surface area contributed by atoms with Crippen LogP contribution in [0.3, 0.4) is 0 Å². The molecule has 0 unspecified atom stereocenters. The maximum absolute atomic E-state index is 12.1. The van der Waals surface area contributed by atoms with Crippen LogP contribution in [0.1, 0.15) is 23.1 Å². The number of anilines is 1. The fourth-order valence-electron chi connectivity index (χ4n) is 1.59. The molecule has 0 aromatic carbocycles. The minimum Gasteiger partial charge on any atom is -0.395 e. The molecule has 0 aliphatic rings. The van der Waals surface area contributed by atoms with Crippen molar-refractivity contribution in [1.82, 2.24) is 14.7 Å². The summed E-state index contributed by atoms with van der Waals surface area (Å²) in [4.78, 5) is 13.7. The number of nitrogen functional groups attached to an aromatic ring is 1. The quantitative estimate of drug-likeness (QED) is 0.775. The molecule has 0 bridgehead atoms. The number of aromatic nitrogens is 2. The van der Waals surface area contributed by atoms with Crippen LogP contribution < -0.4 is 5.73 Å². The molecule has 0 aliphatic heterocycles. The van der Waals surface area contributed by atoms with Crippen molar-refractivity contribution in [3.8, 4) is 0 Å². The summed E-state index contributed by atoms with van der Waals surface area (Å²) in [5, 5.41) is 4.11. The largest absolute Gasteiger partial charge is 0.395 e. The smallest absolute Gasteiger partial charge is 0.274 e. The third-order valence-electron chi connectivity index (χ3n) is 2.32. The van der Waals surface area contributed by atoms with Gasteiger partial charge in [0.05, 0.1) is 11.4 Å². The molecular weight excluding hydrogens is 204 g/mol. The minimum absolute atomic E-state index is 0.136. The van der Waals surface area contributed by atoms with Gasteiger partial charge in [0.2, 0.25) is 0 Å². The lowest BCUT2D eigenvalue weighted by Crippen LogP contribution is -2.30. The summed E-state index contributed by atoms with van der Waals surface area (Å²) in [5.41, 5.74) is 8.30. The molecule has 88 valence electrons. The van der Waals surface area contributed by atoms with E-state index in [2.05, 4.69) is 11.7 Å². The van der Waals surface area contributed by atoms with E-state index in [-0.39, 0.29) is 5.91 Å². The summed E-state index contributed by atoms with van der Waals surface area (Å²) in [5.74, 6) is -0.136. The van der Waals surface area contributed by atoms with Gasteiger partial charge in [-0.2, -0.15) is 5.10 Å². The van der Waals surface area contributed by atoms with Gasteiger partial charge in [-0.05, 0) is 13.8 Å². The Morgan fingerprint density at radius 3 is 2.56 bits per heavy atom. The van der Waals surface area contributed by atoms with Gasteiger partial charge in [-0.15, -0.1) is 0 Å². The molecule has 0 fully saturated rings. The Kier molecular flexibility index (Phi) is 3.37. The van der Waals surface area contributed by atoms with Gasteiger partial charge < -0.3 is 10.6 Å². The Hall–Kier alpha value is -1.78. The summed E-state index contributed by atoms with van der Waals surface area (Å²) in [6.45, 7) is 7.95. The zero-order valence-corrected chi connectivity index (χ0v) is 10.2. The highest BCUT2D eigenvalue weighted by Gasteiger charge is 2.20. The number of rotatable bonds is 3. The molecule has 0 radical (unpaired) electrons. The number of nitrogens with two attached hydrogens (primary N) is 1. The van der Waals surface area contributed by atoms with Crippen LogP contribution in [0, 0.1) is 6.92 Å². The first-order valence-electron chi connectivity index (χ1n) is 5.03. The molecule has 1 aromatic rings. The number of likely N-dealkylation sites (N-methyl/N-ethyl adjacent to an activating group) is 1. The standard InChI is InChI=1S/C11H18N4O/c1-7(2)6-14(4)11(16)10-9(12)8(3)13-15(10)5/h1,6,12H2,2-5H3. The molecule has 0 atom stereocenters. The number of amides is 1. The second-order valence-corrected chi connectivity index (χ2v) is 4.09. The average Bonchev–Trinajstić information content (AvgIpc) is 2.39. The lowest BCUT2D eigenvalue weighted by molar-refractivity contribution is 0.0797. The van der Waals surface area contributed by atoms with Gasteiger partial charge in [0.25, 0.3) is 5.91 Å². The van der Waals surface area contributed by atoms with Gasteiger partial charge in [-0.3, -0.25) is 9.48 Å². The zero-order valence-electron chi connectivity index (χ0n) is 10.2. The van der Waals surface area contributed by atoms with Gasteiger partial charge in [0.1, 0.15) is 5.69 Å². The van der Waals surface area contributed by atoms with Crippen molar-refractivity contribution in [3.05, 3.63) is 23.5 Å². The van der Waals surface area contributed by atoms with Crippen LogP contribution in [0.15, 0.2) is 12.2 Å². The summed E-state index contributed by atoms with van der Waals surface area (Å²) < 4.78 is 1.52. The van der Waals surface area contributed by atoms with Gasteiger partial charge in [-0.25, -0.2) is 0 Å². The highest BCUT2D eigenvalue weighted by atomic mass is 16.2. The molecule has 16 heavy (non-hydrogen) atoms. The lowest BCUT2D eigenvalue weighted by atomic mass is 10.2. The van der Waals surface area contributed by atoms with Gasteiger partial charge >= 0.3 is 0 Å². The van der Waals surface area contributed by atoms with E-state index in [9.17, 15) is 4.79 Å². The first-order chi connectivity index (χ1) is 7.34. The van der Waals surface area contributed by atoms with E-state index in [1.807, 2.05) is 6.92 Å². The Labute approximate surface area is 95.5 Å². The minimum atomic E-state index is -0.136. The Bertz CT molecular complexity index is 433. The number of hydrogen-bond donors (Lipinski definition) is 1. The molecule has 5 heteroatoms. The van der Waals surface area contributed by atoms with Gasteiger partial charge in [-0.1, -0.05) is 12.2 Å². The highest BCUT2D eigenvalue weighted by Crippen LogP contribution is 2.17. The third kappa shape index (κ3) is 2.24. The van der Waals surface area contributed by atoms with Crippen molar-refractivity contribution in [1.29, 1.82) is 0 Å². The predicted octanol–water partition coefficient (Wildman–Crippen LogP) is 0.959.